The summed E-state index contributed by atoms with van der Waals surface area (Å²) in [5.74, 6) is 2.71. The first-order valence-corrected chi connectivity index (χ1v) is 11.4. The normalized spacial score (nSPS) is 36.2. The molecule has 0 saturated carbocycles. The van der Waals surface area contributed by atoms with E-state index in [0.717, 1.165) is 18.8 Å². The molecule has 5 atom stereocenters. The second-order valence-electron chi connectivity index (χ2n) is 10.5. The number of allylic oxidation sites excluding steroid dienone is 12. The lowest BCUT2D eigenvalue weighted by molar-refractivity contribution is 0.213. The largest absolute Gasteiger partial charge is 0.0870 e. The molecule has 0 nitrogen and oxygen atoms in total. The van der Waals surface area contributed by atoms with Crippen LogP contribution in [0.2, 0.25) is 0 Å². The summed E-state index contributed by atoms with van der Waals surface area (Å²) in [5.41, 5.74) is 6.89. The molecule has 0 aliphatic heterocycles. The van der Waals surface area contributed by atoms with E-state index in [1.807, 2.05) is 0 Å². The summed E-state index contributed by atoms with van der Waals surface area (Å²) < 4.78 is 0. The van der Waals surface area contributed by atoms with Crippen molar-refractivity contribution >= 4 is 0 Å². The third kappa shape index (κ3) is 2.95. The van der Waals surface area contributed by atoms with Gasteiger partial charge in [-0.25, -0.2) is 0 Å². The third-order valence-electron chi connectivity index (χ3n) is 8.51. The lowest BCUT2D eigenvalue weighted by atomic mass is 9.56. The lowest BCUT2D eigenvalue weighted by Gasteiger charge is -2.47. The molecule has 28 heavy (non-hydrogen) atoms. The van der Waals surface area contributed by atoms with Crippen molar-refractivity contribution in [2.45, 2.75) is 67.2 Å². The molecule has 0 amide bonds. The van der Waals surface area contributed by atoms with Crippen molar-refractivity contribution in [2.24, 2.45) is 34.5 Å². The van der Waals surface area contributed by atoms with Crippen LogP contribution in [0.25, 0.3) is 0 Å². The summed E-state index contributed by atoms with van der Waals surface area (Å²) in [6.07, 6.45) is 24.5. The molecule has 0 N–H and O–H groups in total. The molecule has 0 saturated heterocycles. The van der Waals surface area contributed by atoms with Crippen molar-refractivity contribution in [2.75, 3.05) is 0 Å². The van der Waals surface area contributed by atoms with Crippen LogP contribution in [0.4, 0.5) is 0 Å². The highest BCUT2D eigenvalue weighted by molar-refractivity contribution is 5.63. The van der Waals surface area contributed by atoms with Gasteiger partial charge >= 0.3 is 0 Å². The Hall–Kier alpha value is -1.56. The highest BCUT2D eigenvalue weighted by Gasteiger charge is 2.49. The van der Waals surface area contributed by atoms with Crippen molar-refractivity contribution in [3.8, 4) is 0 Å². The molecule has 4 aliphatic rings. The number of hydrogen-bond acceptors (Lipinski definition) is 0. The second kappa shape index (κ2) is 7.05. The maximum absolute atomic E-state index is 2.61. The van der Waals surface area contributed by atoms with Crippen molar-refractivity contribution in [1.82, 2.24) is 0 Å². The lowest BCUT2D eigenvalue weighted by Crippen LogP contribution is -2.36. The Morgan fingerprint density at radius 3 is 2.46 bits per heavy atom. The second-order valence-corrected chi connectivity index (χ2v) is 10.5. The van der Waals surface area contributed by atoms with Crippen molar-refractivity contribution < 1.29 is 0 Å². The van der Waals surface area contributed by atoms with E-state index in [9.17, 15) is 0 Å². The summed E-state index contributed by atoms with van der Waals surface area (Å²) in [4.78, 5) is 0. The minimum Gasteiger partial charge on any atom is -0.0870 e. The van der Waals surface area contributed by atoms with Crippen LogP contribution < -0.4 is 0 Å². The van der Waals surface area contributed by atoms with Gasteiger partial charge in [0.25, 0.3) is 0 Å². The molecule has 0 bridgehead atoms. The van der Waals surface area contributed by atoms with Crippen LogP contribution in [0.3, 0.4) is 0 Å². The summed E-state index contributed by atoms with van der Waals surface area (Å²) in [5, 5.41) is 0. The van der Waals surface area contributed by atoms with E-state index < -0.39 is 0 Å². The summed E-state index contributed by atoms with van der Waals surface area (Å²) >= 11 is 0. The van der Waals surface area contributed by atoms with Crippen LogP contribution in [0.15, 0.2) is 70.9 Å². The quantitative estimate of drug-likeness (QED) is 0.438. The number of rotatable bonds is 4. The van der Waals surface area contributed by atoms with E-state index in [1.165, 1.54) is 12.8 Å². The Labute approximate surface area is 172 Å². The van der Waals surface area contributed by atoms with Gasteiger partial charge in [-0.2, -0.15) is 0 Å². The number of fused-ring (bicyclic) bond motifs is 5. The number of hydrogen-bond donors (Lipinski definition) is 0. The van der Waals surface area contributed by atoms with Crippen molar-refractivity contribution in [1.29, 1.82) is 0 Å². The van der Waals surface area contributed by atoms with E-state index in [4.69, 9.17) is 0 Å². The zero-order valence-corrected chi connectivity index (χ0v) is 18.8. The van der Waals surface area contributed by atoms with Gasteiger partial charge in [0.05, 0.1) is 0 Å². The molecule has 0 aromatic rings. The Bertz CT molecular complexity index is 824. The molecular weight excluding hydrogens is 336 g/mol. The fraction of sp³-hybridized carbons (Fsp3) is 0.571. The standard InChI is InChI=1S/C28H38/c1-19(2)20(3)10-11-21(4)24-14-15-25-23-13-12-22-9-7-8-17-27(22,5)26(23)16-18-28(24,25)6/h7-8,10-13,15-16,19-21,24H,9,14,17-18H2,1-6H3/t20-,21+,24+,27-,28+/m0/s1. The molecule has 0 aromatic carbocycles. The van der Waals surface area contributed by atoms with Gasteiger partial charge in [-0.1, -0.05) is 95.7 Å². The van der Waals surface area contributed by atoms with Gasteiger partial charge in [0.2, 0.25) is 0 Å². The predicted molar refractivity (Wildman–Crippen MR) is 122 cm³/mol. The van der Waals surface area contributed by atoms with Crippen molar-refractivity contribution in [3.05, 3.63) is 70.9 Å². The highest BCUT2D eigenvalue weighted by Crippen LogP contribution is 2.61. The van der Waals surface area contributed by atoms with Gasteiger partial charge in [0, 0.05) is 5.41 Å². The Kier molecular flexibility index (Phi) is 4.97. The van der Waals surface area contributed by atoms with Crippen LogP contribution in [0, 0.1) is 34.5 Å². The van der Waals surface area contributed by atoms with E-state index in [2.05, 4.69) is 90.2 Å². The first-order chi connectivity index (χ1) is 13.3. The fourth-order valence-corrected chi connectivity index (χ4v) is 5.99. The van der Waals surface area contributed by atoms with Crippen LogP contribution in [0.5, 0.6) is 0 Å². The molecule has 0 fully saturated rings. The smallest absolute Gasteiger partial charge is 0.0177 e. The van der Waals surface area contributed by atoms with E-state index >= 15 is 0 Å². The Morgan fingerprint density at radius 2 is 1.71 bits per heavy atom. The summed E-state index contributed by atoms with van der Waals surface area (Å²) in [6.45, 7) is 14.4. The molecular formula is C28H38. The van der Waals surface area contributed by atoms with E-state index in [-0.39, 0.29) is 10.8 Å². The topological polar surface area (TPSA) is 0 Å². The zero-order chi connectivity index (χ0) is 20.1. The summed E-state index contributed by atoms with van der Waals surface area (Å²) in [7, 11) is 0. The first kappa shape index (κ1) is 19.7. The van der Waals surface area contributed by atoms with Gasteiger partial charge in [0.1, 0.15) is 0 Å². The van der Waals surface area contributed by atoms with Crippen molar-refractivity contribution in [3.63, 3.8) is 0 Å². The van der Waals surface area contributed by atoms with Crippen LogP contribution in [-0.2, 0) is 0 Å². The molecule has 0 spiro atoms. The maximum atomic E-state index is 2.61. The minimum atomic E-state index is 0.220. The Balaban J connectivity index is 1.62. The first-order valence-electron chi connectivity index (χ1n) is 11.4. The molecule has 0 heterocycles. The highest BCUT2D eigenvalue weighted by atomic mass is 14.5. The fourth-order valence-electron chi connectivity index (χ4n) is 5.99. The van der Waals surface area contributed by atoms with Gasteiger partial charge in [-0.05, 0) is 71.5 Å². The molecule has 0 aromatic heterocycles. The molecule has 150 valence electrons. The van der Waals surface area contributed by atoms with Crippen LogP contribution >= 0.6 is 0 Å². The molecule has 4 aliphatic carbocycles. The summed E-state index contributed by atoms with van der Waals surface area (Å²) in [6, 6.07) is 0. The molecule has 0 radical (unpaired) electrons. The van der Waals surface area contributed by atoms with E-state index in [0.29, 0.717) is 17.8 Å². The molecule has 0 unspecified atom stereocenters. The van der Waals surface area contributed by atoms with Gasteiger partial charge in [-0.15, -0.1) is 0 Å². The average molecular weight is 375 g/mol. The SMILES string of the molecule is CC(C)[C@@H](C)C=C[C@@H](C)[C@H]1CC=C2C3=CC=C4CC=CC[C@]4(C)C3=CC[C@@]21C. The zero-order valence-electron chi connectivity index (χ0n) is 18.8. The average Bonchev–Trinajstić information content (AvgIpc) is 3.02. The Morgan fingerprint density at radius 1 is 0.929 bits per heavy atom. The monoisotopic (exact) mass is 374 g/mol. The van der Waals surface area contributed by atoms with Crippen LogP contribution in [-0.4, -0.2) is 0 Å². The maximum Gasteiger partial charge on any atom is 0.0177 e. The van der Waals surface area contributed by atoms with E-state index in [1.54, 1.807) is 22.3 Å². The van der Waals surface area contributed by atoms with Gasteiger partial charge < -0.3 is 0 Å². The van der Waals surface area contributed by atoms with Gasteiger partial charge in [0.15, 0.2) is 0 Å². The minimum absolute atomic E-state index is 0.220. The van der Waals surface area contributed by atoms with Gasteiger partial charge in [-0.3, -0.25) is 0 Å². The predicted octanol–water partition coefficient (Wildman–Crippen LogP) is 7.98. The molecule has 4 rings (SSSR count). The third-order valence-corrected chi connectivity index (χ3v) is 8.51. The van der Waals surface area contributed by atoms with Crippen LogP contribution in [0.1, 0.15) is 67.2 Å². The molecule has 0 heteroatoms.